The molecule has 25 heavy (non-hydrogen) atoms. The summed E-state index contributed by atoms with van der Waals surface area (Å²) >= 11 is 0. The summed E-state index contributed by atoms with van der Waals surface area (Å²) in [5, 5.41) is 5.34. The molecule has 0 unspecified atom stereocenters. The lowest BCUT2D eigenvalue weighted by atomic mass is 10.1. The highest BCUT2D eigenvalue weighted by molar-refractivity contribution is 5.99. The average molecular weight is 340 g/mol. The van der Waals surface area contributed by atoms with E-state index in [2.05, 4.69) is 10.6 Å². The molecule has 0 bridgehead atoms. The van der Waals surface area contributed by atoms with Crippen LogP contribution in [0.15, 0.2) is 42.5 Å². The van der Waals surface area contributed by atoms with Gasteiger partial charge in [0.15, 0.2) is 11.5 Å². The van der Waals surface area contributed by atoms with Gasteiger partial charge >= 0.3 is 0 Å². The quantitative estimate of drug-likeness (QED) is 0.897. The Kier molecular flexibility index (Phi) is 5.18. The number of rotatable bonds is 4. The van der Waals surface area contributed by atoms with Crippen LogP contribution in [-0.2, 0) is 4.79 Å². The monoisotopic (exact) mass is 340 g/mol. The van der Waals surface area contributed by atoms with Gasteiger partial charge in [0, 0.05) is 23.7 Å². The Hall–Kier alpha value is -3.02. The van der Waals surface area contributed by atoms with Crippen molar-refractivity contribution >= 4 is 17.5 Å². The van der Waals surface area contributed by atoms with Crippen molar-refractivity contribution in [1.82, 2.24) is 5.32 Å². The molecule has 130 valence electrons. The van der Waals surface area contributed by atoms with Gasteiger partial charge in [0.05, 0.1) is 19.8 Å². The number of ether oxygens (including phenoxy) is 2. The number of carbonyl (C=O) groups is 2. The van der Waals surface area contributed by atoms with Crippen LogP contribution in [-0.4, -0.2) is 31.6 Å². The molecule has 2 aromatic rings. The van der Waals surface area contributed by atoms with E-state index >= 15 is 0 Å². The summed E-state index contributed by atoms with van der Waals surface area (Å²) in [6.07, 6.45) is 0.821. The maximum atomic E-state index is 12.0. The Labute approximate surface area is 146 Å². The fourth-order valence-corrected chi connectivity index (χ4v) is 2.41. The van der Waals surface area contributed by atoms with Crippen molar-refractivity contribution < 1.29 is 19.1 Å². The predicted molar refractivity (Wildman–Crippen MR) is 94.2 cm³/mol. The molecule has 6 heteroatoms. The zero-order valence-corrected chi connectivity index (χ0v) is 14.0. The van der Waals surface area contributed by atoms with Crippen LogP contribution in [0.4, 0.5) is 5.69 Å². The maximum Gasteiger partial charge on any atom is 0.251 e. The second-order valence-electron chi connectivity index (χ2n) is 5.81. The molecule has 2 aromatic carbocycles. The van der Waals surface area contributed by atoms with Gasteiger partial charge in [-0.3, -0.25) is 9.59 Å². The summed E-state index contributed by atoms with van der Waals surface area (Å²) in [5.74, 6) is 0.686. The van der Waals surface area contributed by atoms with Gasteiger partial charge in [-0.1, -0.05) is 17.7 Å². The highest BCUT2D eigenvalue weighted by Gasteiger charge is 2.12. The molecule has 2 N–H and O–H groups in total. The summed E-state index contributed by atoms with van der Waals surface area (Å²) < 4.78 is 11.1. The largest absolute Gasteiger partial charge is 0.490 e. The van der Waals surface area contributed by atoms with Crippen LogP contribution in [0.2, 0.25) is 0 Å². The molecule has 1 heterocycles. The summed E-state index contributed by atoms with van der Waals surface area (Å²) in [6.45, 7) is 3.03. The van der Waals surface area contributed by atoms with Gasteiger partial charge < -0.3 is 20.1 Å². The minimum Gasteiger partial charge on any atom is -0.490 e. The van der Waals surface area contributed by atoms with E-state index in [1.807, 2.05) is 19.1 Å². The van der Waals surface area contributed by atoms with E-state index in [1.165, 1.54) is 0 Å². The molecular weight excluding hydrogens is 320 g/mol. The number of fused-ring (bicyclic) bond motifs is 1. The van der Waals surface area contributed by atoms with Crippen LogP contribution in [0.25, 0.3) is 0 Å². The molecule has 0 saturated carbocycles. The van der Waals surface area contributed by atoms with E-state index in [0.29, 0.717) is 36.0 Å². The van der Waals surface area contributed by atoms with Gasteiger partial charge in [-0.15, -0.1) is 0 Å². The van der Waals surface area contributed by atoms with Crippen LogP contribution in [0.3, 0.4) is 0 Å². The lowest BCUT2D eigenvalue weighted by Gasteiger charge is -2.11. The molecule has 1 aliphatic heterocycles. The number of carbonyl (C=O) groups excluding carboxylic acids is 2. The van der Waals surface area contributed by atoms with Gasteiger partial charge in [-0.2, -0.15) is 0 Å². The van der Waals surface area contributed by atoms with Gasteiger partial charge in [0.2, 0.25) is 5.91 Å². The zero-order valence-electron chi connectivity index (χ0n) is 14.0. The molecule has 0 fully saturated rings. The summed E-state index contributed by atoms with van der Waals surface area (Å²) in [4.78, 5) is 24.1. The first-order valence-corrected chi connectivity index (χ1v) is 8.16. The molecule has 3 rings (SSSR count). The van der Waals surface area contributed by atoms with Crippen LogP contribution in [0, 0.1) is 6.92 Å². The Morgan fingerprint density at radius 3 is 2.48 bits per heavy atom. The second-order valence-corrected chi connectivity index (χ2v) is 5.81. The molecule has 0 aromatic heterocycles. The highest BCUT2D eigenvalue weighted by atomic mass is 16.5. The van der Waals surface area contributed by atoms with E-state index < -0.39 is 0 Å². The smallest absolute Gasteiger partial charge is 0.251 e. The standard InChI is InChI=1S/C19H20N2O4/c1-13-3-5-14(6-4-13)19(23)20-12-18(22)21-15-7-8-16-17(11-15)25-10-2-9-24-16/h3-8,11H,2,9-10,12H2,1H3,(H,20,23)(H,21,22). The first kappa shape index (κ1) is 16.8. The topological polar surface area (TPSA) is 76.7 Å². The minimum atomic E-state index is -0.310. The SMILES string of the molecule is Cc1ccc(C(=O)NCC(=O)Nc2ccc3c(c2)OCCCO3)cc1. The molecule has 0 spiro atoms. The normalized spacial score (nSPS) is 12.8. The van der Waals surface area contributed by atoms with E-state index in [-0.39, 0.29) is 18.4 Å². The van der Waals surface area contributed by atoms with Crippen molar-refractivity contribution in [3.05, 3.63) is 53.6 Å². The van der Waals surface area contributed by atoms with Crippen molar-refractivity contribution in [3.8, 4) is 11.5 Å². The van der Waals surface area contributed by atoms with Crippen LogP contribution in [0.5, 0.6) is 11.5 Å². The number of hydrogen-bond donors (Lipinski definition) is 2. The Morgan fingerprint density at radius 2 is 1.72 bits per heavy atom. The van der Waals surface area contributed by atoms with Gasteiger partial charge in [-0.05, 0) is 31.2 Å². The molecule has 6 nitrogen and oxygen atoms in total. The van der Waals surface area contributed by atoms with Crippen molar-refractivity contribution in [2.24, 2.45) is 0 Å². The molecule has 2 amide bonds. The zero-order chi connectivity index (χ0) is 17.6. The third-order valence-corrected chi connectivity index (χ3v) is 3.75. The average Bonchev–Trinajstić information content (AvgIpc) is 2.85. The van der Waals surface area contributed by atoms with Gasteiger partial charge in [0.25, 0.3) is 5.91 Å². The lowest BCUT2D eigenvalue weighted by molar-refractivity contribution is -0.115. The molecule has 0 saturated heterocycles. The Balaban J connectivity index is 1.55. The Bertz CT molecular complexity index is 771. The fraction of sp³-hybridized carbons (Fsp3) is 0.263. The molecular formula is C19H20N2O4. The summed E-state index contributed by atoms with van der Waals surface area (Å²) in [6, 6.07) is 12.4. The summed E-state index contributed by atoms with van der Waals surface area (Å²) in [5.41, 5.74) is 2.19. The molecule has 1 aliphatic rings. The summed E-state index contributed by atoms with van der Waals surface area (Å²) in [7, 11) is 0. The van der Waals surface area contributed by atoms with Gasteiger partial charge in [0.1, 0.15) is 0 Å². The fourth-order valence-electron chi connectivity index (χ4n) is 2.41. The second kappa shape index (κ2) is 7.70. The number of nitrogens with one attached hydrogen (secondary N) is 2. The van der Waals surface area contributed by atoms with Crippen molar-refractivity contribution in [3.63, 3.8) is 0 Å². The van der Waals surface area contributed by atoms with Crippen molar-refractivity contribution in [2.75, 3.05) is 25.1 Å². The first-order chi connectivity index (χ1) is 12.1. The number of aryl methyl sites for hydroxylation is 1. The number of hydrogen-bond acceptors (Lipinski definition) is 4. The third kappa shape index (κ3) is 4.50. The van der Waals surface area contributed by atoms with Crippen LogP contribution in [0.1, 0.15) is 22.3 Å². The maximum absolute atomic E-state index is 12.0. The van der Waals surface area contributed by atoms with E-state index in [9.17, 15) is 9.59 Å². The molecule has 0 radical (unpaired) electrons. The van der Waals surface area contributed by atoms with E-state index in [1.54, 1.807) is 30.3 Å². The highest BCUT2D eigenvalue weighted by Crippen LogP contribution is 2.32. The van der Waals surface area contributed by atoms with Crippen molar-refractivity contribution in [1.29, 1.82) is 0 Å². The number of amides is 2. The number of benzene rings is 2. The van der Waals surface area contributed by atoms with E-state index in [4.69, 9.17) is 9.47 Å². The predicted octanol–water partition coefficient (Wildman–Crippen LogP) is 2.52. The van der Waals surface area contributed by atoms with E-state index in [0.717, 1.165) is 12.0 Å². The third-order valence-electron chi connectivity index (χ3n) is 3.75. The lowest BCUT2D eigenvalue weighted by Crippen LogP contribution is -2.32. The molecule has 0 atom stereocenters. The van der Waals surface area contributed by atoms with Gasteiger partial charge in [-0.25, -0.2) is 0 Å². The first-order valence-electron chi connectivity index (χ1n) is 8.16. The van der Waals surface area contributed by atoms with Crippen molar-refractivity contribution in [2.45, 2.75) is 13.3 Å². The van der Waals surface area contributed by atoms with Crippen LogP contribution < -0.4 is 20.1 Å². The minimum absolute atomic E-state index is 0.110. The number of anilines is 1. The Morgan fingerprint density at radius 1 is 1.00 bits per heavy atom. The molecule has 0 aliphatic carbocycles. The van der Waals surface area contributed by atoms with Crippen LogP contribution >= 0.6 is 0 Å².